The van der Waals surface area contributed by atoms with E-state index >= 15 is 0 Å². The van der Waals surface area contributed by atoms with E-state index in [9.17, 15) is 19.1 Å². The number of rotatable bonds is 5. The van der Waals surface area contributed by atoms with Crippen LogP contribution in [0.25, 0.3) is 0 Å². The molecule has 2 fully saturated rings. The average Bonchev–Trinajstić information content (AvgIpc) is 3.27. The first kappa shape index (κ1) is 17.0. The van der Waals surface area contributed by atoms with Gasteiger partial charge >= 0.3 is 5.97 Å². The predicted octanol–water partition coefficient (Wildman–Crippen LogP) is 2.82. The third-order valence-corrected chi connectivity index (χ3v) is 5.06. The molecule has 0 spiro atoms. The number of likely N-dealkylation sites (tertiary alicyclic amines) is 1. The molecule has 24 heavy (non-hydrogen) atoms. The zero-order valence-corrected chi connectivity index (χ0v) is 14.0. The number of hydrogen-bond acceptors (Lipinski definition) is 3. The number of amides is 1. The molecule has 1 amide bonds. The molecule has 0 aromatic heterocycles. The number of aliphatic carboxylic acids is 1. The first-order chi connectivity index (χ1) is 11.4. The molecule has 3 rings (SSSR count). The van der Waals surface area contributed by atoms with Crippen LogP contribution in [-0.4, -0.2) is 41.1 Å². The fourth-order valence-electron chi connectivity index (χ4n) is 3.34. The topological polar surface area (TPSA) is 66.8 Å². The van der Waals surface area contributed by atoms with E-state index < -0.39 is 23.8 Å². The van der Waals surface area contributed by atoms with Gasteiger partial charge in [0.15, 0.2) is 6.10 Å². The summed E-state index contributed by atoms with van der Waals surface area (Å²) in [6.07, 6.45) is 1.25. The molecule has 1 saturated carbocycles. The SMILES string of the molecule is CC(Oc1ccc(F)cc1Cl)C(=O)N1C[C@H](C(=O)O)[C@@H](C2CC2)C1. The Morgan fingerprint density at radius 1 is 1.38 bits per heavy atom. The number of carboxylic acid groups (broad SMARTS) is 1. The van der Waals surface area contributed by atoms with Crippen molar-refractivity contribution >= 4 is 23.5 Å². The summed E-state index contributed by atoms with van der Waals surface area (Å²) in [5.74, 6) is -1.46. The Bertz CT molecular complexity index is 664. The van der Waals surface area contributed by atoms with E-state index in [4.69, 9.17) is 16.3 Å². The van der Waals surface area contributed by atoms with Crippen molar-refractivity contribution in [2.24, 2.45) is 17.8 Å². The standard InChI is InChI=1S/C17H19ClFNO4/c1-9(24-15-5-4-11(19)6-14(15)18)16(21)20-7-12(10-2-3-10)13(8-20)17(22)23/h4-6,9-10,12-13H,2-3,7-8H2,1H3,(H,22,23)/t9?,12-,13+/m1/s1. The fourth-order valence-corrected chi connectivity index (χ4v) is 3.55. The molecule has 7 heteroatoms. The summed E-state index contributed by atoms with van der Waals surface area (Å²) in [5, 5.41) is 9.47. The lowest BCUT2D eigenvalue weighted by Crippen LogP contribution is -2.39. The van der Waals surface area contributed by atoms with Gasteiger partial charge in [-0.1, -0.05) is 11.6 Å². The molecule has 130 valence electrons. The summed E-state index contributed by atoms with van der Waals surface area (Å²) in [5.41, 5.74) is 0. The van der Waals surface area contributed by atoms with Crippen molar-refractivity contribution in [3.63, 3.8) is 0 Å². The molecule has 2 aliphatic rings. The molecule has 1 saturated heterocycles. The highest BCUT2D eigenvalue weighted by atomic mass is 35.5. The maximum absolute atomic E-state index is 13.1. The van der Waals surface area contributed by atoms with Gasteiger partial charge in [-0.25, -0.2) is 4.39 Å². The van der Waals surface area contributed by atoms with Crippen LogP contribution >= 0.6 is 11.6 Å². The Balaban J connectivity index is 1.66. The van der Waals surface area contributed by atoms with Crippen LogP contribution in [0.1, 0.15) is 19.8 Å². The van der Waals surface area contributed by atoms with Crippen LogP contribution in [0.5, 0.6) is 5.75 Å². The monoisotopic (exact) mass is 355 g/mol. The Hall–Kier alpha value is -1.82. The molecule has 1 N–H and O–H groups in total. The minimum absolute atomic E-state index is 0.0214. The number of ether oxygens (including phenoxy) is 1. The Kier molecular flexibility index (Phi) is 4.67. The predicted molar refractivity (Wildman–Crippen MR) is 85.4 cm³/mol. The summed E-state index contributed by atoms with van der Waals surface area (Å²) >= 11 is 5.91. The third-order valence-electron chi connectivity index (χ3n) is 4.77. The number of carbonyl (C=O) groups is 2. The molecule has 1 aliphatic heterocycles. The third kappa shape index (κ3) is 3.48. The molecule has 1 aliphatic carbocycles. The number of nitrogens with zero attached hydrogens (tertiary/aromatic N) is 1. The Morgan fingerprint density at radius 3 is 2.67 bits per heavy atom. The number of carboxylic acids is 1. The maximum Gasteiger partial charge on any atom is 0.308 e. The molecule has 5 nitrogen and oxygen atoms in total. The largest absolute Gasteiger partial charge is 0.481 e. The van der Waals surface area contributed by atoms with Gasteiger partial charge in [-0.15, -0.1) is 0 Å². The lowest BCUT2D eigenvalue weighted by atomic mass is 9.92. The molecule has 1 aromatic rings. The van der Waals surface area contributed by atoms with Crippen molar-refractivity contribution in [3.05, 3.63) is 29.0 Å². The van der Waals surface area contributed by atoms with E-state index in [0.29, 0.717) is 12.5 Å². The molecule has 3 atom stereocenters. The van der Waals surface area contributed by atoms with Crippen molar-refractivity contribution in [2.45, 2.75) is 25.9 Å². The number of halogens is 2. The second-order valence-electron chi connectivity index (χ2n) is 6.52. The number of benzene rings is 1. The van der Waals surface area contributed by atoms with Crippen LogP contribution in [0, 0.1) is 23.6 Å². The lowest BCUT2D eigenvalue weighted by molar-refractivity contribution is -0.143. The van der Waals surface area contributed by atoms with Crippen molar-refractivity contribution in [1.82, 2.24) is 4.90 Å². The van der Waals surface area contributed by atoms with Gasteiger partial charge < -0.3 is 14.7 Å². The van der Waals surface area contributed by atoms with Crippen LogP contribution in [0.3, 0.4) is 0 Å². The highest BCUT2D eigenvalue weighted by Gasteiger charge is 2.47. The Morgan fingerprint density at radius 2 is 2.08 bits per heavy atom. The van der Waals surface area contributed by atoms with Crippen molar-refractivity contribution in [2.75, 3.05) is 13.1 Å². The highest BCUT2D eigenvalue weighted by Crippen LogP contribution is 2.44. The summed E-state index contributed by atoms with van der Waals surface area (Å²) < 4.78 is 18.6. The van der Waals surface area contributed by atoms with Gasteiger partial charge in [-0.3, -0.25) is 9.59 Å². The molecule has 0 radical (unpaired) electrons. The normalized spacial score (nSPS) is 24.7. The van der Waals surface area contributed by atoms with Crippen molar-refractivity contribution in [1.29, 1.82) is 0 Å². The average molecular weight is 356 g/mol. The van der Waals surface area contributed by atoms with Crippen LogP contribution in [-0.2, 0) is 9.59 Å². The van der Waals surface area contributed by atoms with Gasteiger partial charge in [0.05, 0.1) is 10.9 Å². The van der Waals surface area contributed by atoms with Crippen molar-refractivity contribution in [3.8, 4) is 5.75 Å². The van der Waals surface area contributed by atoms with Crippen LogP contribution in [0.2, 0.25) is 5.02 Å². The minimum atomic E-state index is -0.850. The van der Waals surface area contributed by atoms with Gasteiger partial charge in [-0.05, 0) is 49.8 Å². The second kappa shape index (κ2) is 6.59. The molecule has 1 heterocycles. The maximum atomic E-state index is 13.1. The van der Waals surface area contributed by atoms with Crippen LogP contribution in [0.4, 0.5) is 4.39 Å². The van der Waals surface area contributed by atoms with E-state index in [-0.39, 0.29) is 29.1 Å². The summed E-state index contributed by atoms with van der Waals surface area (Å²) in [6.45, 7) is 2.24. The molecular formula is C17H19ClFNO4. The first-order valence-corrected chi connectivity index (χ1v) is 8.38. The van der Waals surface area contributed by atoms with E-state index in [2.05, 4.69) is 0 Å². The Labute approximate surface area is 144 Å². The smallest absolute Gasteiger partial charge is 0.308 e. The second-order valence-corrected chi connectivity index (χ2v) is 6.93. The molecule has 0 bridgehead atoms. The van der Waals surface area contributed by atoms with Gasteiger partial charge in [0.1, 0.15) is 11.6 Å². The molecular weight excluding hydrogens is 337 g/mol. The summed E-state index contributed by atoms with van der Waals surface area (Å²) in [4.78, 5) is 25.6. The lowest BCUT2D eigenvalue weighted by Gasteiger charge is -2.22. The van der Waals surface area contributed by atoms with Crippen molar-refractivity contribution < 1.29 is 23.8 Å². The molecule has 1 unspecified atom stereocenters. The van der Waals surface area contributed by atoms with E-state index in [0.717, 1.165) is 18.9 Å². The quantitative estimate of drug-likeness (QED) is 0.882. The number of carbonyl (C=O) groups excluding carboxylic acids is 1. The van der Waals surface area contributed by atoms with Crippen LogP contribution in [0.15, 0.2) is 18.2 Å². The van der Waals surface area contributed by atoms with Gasteiger partial charge in [0, 0.05) is 13.1 Å². The van der Waals surface area contributed by atoms with Crippen LogP contribution < -0.4 is 4.74 Å². The zero-order chi connectivity index (χ0) is 17.4. The van der Waals surface area contributed by atoms with Gasteiger partial charge in [0.25, 0.3) is 5.91 Å². The minimum Gasteiger partial charge on any atom is -0.481 e. The van der Waals surface area contributed by atoms with E-state index in [1.807, 2.05) is 0 Å². The van der Waals surface area contributed by atoms with Gasteiger partial charge in [0.2, 0.25) is 0 Å². The summed E-state index contributed by atoms with van der Waals surface area (Å²) in [6, 6.07) is 3.70. The first-order valence-electron chi connectivity index (χ1n) is 8.00. The van der Waals surface area contributed by atoms with Gasteiger partial charge in [-0.2, -0.15) is 0 Å². The highest BCUT2D eigenvalue weighted by molar-refractivity contribution is 6.32. The fraction of sp³-hybridized carbons (Fsp3) is 0.529. The number of hydrogen-bond donors (Lipinski definition) is 1. The zero-order valence-electron chi connectivity index (χ0n) is 13.2. The summed E-state index contributed by atoms with van der Waals surface area (Å²) in [7, 11) is 0. The van der Waals surface area contributed by atoms with E-state index in [1.54, 1.807) is 11.8 Å². The van der Waals surface area contributed by atoms with E-state index in [1.165, 1.54) is 12.1 Å². The molecule has 1 aromatic carbocycles.